The second-order valence-electron chi connectivity index (χ2n) is 3.38. The Morgan fingerprint density at radius 1 is 1.38 bits per heavy atom. The van der Waals surface area contributed by atoms with E-state index >= 15 is 0 Å². The quantitative estimate of drug-likeness (QED) is 0.758. The first kappa shape index (κ1) is 7.30. The van der Waals surface area contributed by atoms with Crippen LogP contribution in [0, 0.1) is 0 Å². The minimum atomic E-state index is -2.00. The molecule has 0 aliphatic carbocycles. The lowest BCUT2D eigenvalue weighted by Gasteiger charge is -2.26. The first-order valence-corrected chi connectivity index (χ1v) is 5.29. The molecule has 0 spiro atoms. The number of carbonyl (C=O) groups is 1. The molecule has 1 amide bonds. The lowest BCUT2D eigenvalue weighted by molar-refractivity contribution is -0.143. The number of benzene rings is 1. The molecular formula is C12H14ClNO2. The van der Waals surface area contributed by atoms with Crippen LogP contribution in [0.15, 0.2) is 24.3 Å². The molecule has 1 heterocycles. The Labute approximate surface area is 106 Å². The summed E-state index contributed by atoms with van der Waals surface area (Å²) in [5.41, 5.74) is 0.518. The normalized spacial score (nSPS) is 22.1. The van der Waals surface area contributed by atoms with Gasteiger partial charge in [0.25, 0.3) is 0 Å². The number of alkyl halides is 1. The molecule has 3 nitrogen and oxygen atoms in total. The van der Waals surface area contributed by atoms with Crippen molar-refractivity contribution in [2.45, 2.75) is 12.3 Å². The minimum Gasteiger partial charge on any atom is -0.370 e. The number of amides is 1. The van der Waals surface area contributed by atoms with E-state index in [1.54, 1.807) is 0 Å². The van der Waals surface area contributed by atoms with E-state index < -0.39 is 18.2 Å². The maximum atomic E-state index is 11.7. The monoisotopic (exact) mass is 243 g/mol. The summed E-state index contributed by atoms with van der Waals surface area (Å²) in [6.07, 6.45) is 0. The molecule has 1 aromatic carbocycles. The van der Waals surface area contributed by atoms with Crippen LogP contribution in [-0.4, -0.2) is 30.6 Å². The highest BCUT2D eigenvalue weighted by Crippen LogP contribution is 2.10. The van der Waals surface area contributed by atoms with E-state index in [0.29, 0.717) is 6.61 Å². The van der Waals surface area contributed by atoms with E-state index in [2.05, 4.69) is 0 Å². The highest BCUT2D eigenvalue weighted by atomic mass is 35.5. The maximum absolute atomic E-state index is 11.7. The molecule has 1 aliphatic rings. The van der Waals surface area contributed by atoms with Gasteiger partial charge in [0, 0.05) is 21.6 Å². The molecule has 1 aliphatic heterocycles. The number of halogens is 1. The lowest BCUT2D eigenvalue weighted by atomic mass is 10.1. The predicted octanol–water partition coefficient (Wildman–Crippen LogP) is 1.78. The van der Waals surface area contributed by atoms with Crippen molar-refractivity contribution in [1.82, 2.24) is 4.90 Å². The maximum Gasteiger partial charge on any atom is 0.248 e. The van der Waals surface area contributed by atoms with Gasteiger partial charge in [0.2, 0.25) is 5.91 Å². The van der Waals surface area contributed by atoms with Crippen LogP contribution in [0.5, 0.6) is 0 Å². The van der Waals surface area contributed by atoms with Crippen LogP contribution in [0.25, 0.3) is 0 Å². The smallest absolute Gasteiger partial charge is 0.248 e. The Hall–Kier alpha value is -1.06. The summed E-state index contributed by atoms with van der Waals surface area (Å²) >= 11 is 5.56. The van der Waals surface area contributed by atoms with Gasteiger partial charge in [-0.1, -0.05) is 24.3 Å². The zero-order valence-corrected chi connectivity index (χ0v) is 9.33. The zero-order chi connectivity index (χ0) is 15.0. The third kappa shape index (κ3) is 2.74. The van der Waals surface area contributed by atoms with Gasteiger partial charge in [-0.25, -0.2) is 0 Å². The Balaban J connectivity index is 2.27. The van der Waals surface area contributed by atoms with Gasteiger partial charge in [-0.05, 0) is 11.1 Å². The van der Waals surface area contributed by atoms with Crippen molar-refractivity contribution in [2.75, 3.05) is 19.8 Å². The molecule has 86 valence electrons. The molecule has 0 unspecified atom stereocenters. The SMILES string of the molecule is [2H]C([2H])(Cl)c1ccc(C([2H])([2H])N2CCOCC2=O)cc1. The van der Waals surface area contributed by atoms with Gasteiger partial charge in [-0.2, -0.15) is 0 Å². The Bertz CT molecular complexity index is 501. The van der Waals surface area contributed by atoms with E-state index in [9.17, 15) is 4.79 Å². The van der Waals surface area contributed by atoms with E-state index in [-0.39, 0.29) is 24.3 Å². The van der Waals surface area contributed by atoms with Gasteiger partial charge < -0.3 is 9.64 Å². The van der Waals surface area contributed by atoms with Crippen molar-refractivity contribution in [3.63, 3.8) is 0 Å². The fraction of sp³-hybridized carbons (Fsp3) is 0.417. The number of rotatable bonds is 3. The molecule has 2 rings (SSSR count). The van der Waals surface area contributed by atoms with Gasteiger partial charge in [-0.15, -0.1) is 11.6 Å². The second kappa shape index (κ2) is 5.32. The number of nitrogens with zero attached hydrogens (tertiary/aromatic N) is 1. The molecule has 0 atom stereocenters. The summed E-state index contributed by atoms with van der Waals surface area (Å²) in [6, 6.07) is 5.73. The molecule has 1 fully saturated rings. The summed E-state index contributed by atoms with van der Waals surface area (Å²) in [4.78, 5) is 12.8. The molecule has 1 aromatic rings. The van der Waals surface area contributed by atoms with Crippen molar-refractivity contribution < 1.29 is 15.0 Å². The second-order valence-corrected chi connectivity index (χ2v) is 3.57. The highest BCUT2D eigenvalue weighted by Gasteiger charge is 2.18. The molecule has 16 heavy (non-hydrogen) atoms. The van der Waals surface area contributed by atoms with Crippen molar-refractivity contribution in [3.05, 3.63) is 35.4 Å². The van der Waals surface area contributed by atoms with Gasteiger partial charge >= 0.3 is 0 Å². The fourth-order valence-electron chi connectivity index (χ4n) is 1.40. The molecule has 0 aromatic heterocycles. The topological polar surface area (TPSA) is 29.5 Å². The third-order valence-corrected chi connectivity index (χ3v) is 2.46. The summed E-state index contributed by atoms with van der Waals surface area (Å²) in [5, 5.41) is 0. The number of ether oxygens (including phenoxy) is 1. The summed E-state index contributed by atoms with van der Waals surface area (Å²) in [7, 11) is 0. The molecule has 0 N–H and O–H groups in total. The van der Waals surface area contributed by atoms with Crippen LogP contribution >= 0.6 is 11.6 Å². The zero-order valence-electron chi connectivity index (χ0n) is 12.6. The minimum absolute atomic E-state index is 0.123. The van der Waals surface area contributed by atoms with Crippen molar-refractivity contribution in [2.24, 2.45) is 0 Å². The molecule has 1 saturated heterocycles. The average molecular weight is 244 g/mol. The fourth-order valence-corrected chi connectivity index (χ4v) is 1.53. The van der Waals surface area contributed by atoms with Crippen LogP contribution in [-0.2, 0) is 21.9 Å². The number of morpholine rings is 1. The summed E-state index contributed by atoms with van der Waals surface area (Å²) in [5.74, 6) is -2.40. The standard InChI is InChI=1S/C12H14ClNO2/c13-7-10-1-3-11(4-2-10)8-14-5-6-16-9-12(14)15/h1-4H,5-9H2/i7D2,8D2. The molecular weight excluding hydrogens is 226 g/mol. The molecule has 4 heteroatoms. The Morgan fingerprint density at radius 2 is 2.06 bits per heavy atom. The van der Waals surface area contributed by atoms with E-state index in [0.717, 1.165) is 4.90 Å². The van der Waals surface area contributed by atoms with Crippen LogP contribution in [0.4, 0.5) is 0 Å². The summed E-state index contributed by atoms with van der Waals surface area (Å²) in [6.45, 7) is -1.60. The van der Waals surface area contributed by atoms with Gasteiger partial charge in [0.15, 0.2) is 0 Å². The molecule has 0 bridgehead atoms. The van der Waals surface area contributed by atoms with E-state index in [1.807, 2.05) is 0 Å². The van der Waals surface area contributed by atoms with E-state index in [1.165, 1.54) is 24.3 Å². The van der Waals surface area contributed by atoms with Gasteiger partial charge in [0.05, 0.1) is 9.35 Å². The lowest BCUT2D eigenvalue weighted by Crippen LogP contribution is -2.40. The number of hydrogen-bond donors (Lipinski definition) is 0. The van der Waals surface area contributed by atoms with Crippen LogP contribution in [0.2, 0.25) is 0 Å². The summed E-state index contributed by atoms with van der Waals surface area (Å²) < 4.78 is 36.0. The van der Waals surface area contributed by atoms with Gasteiger partial charge in [0.1, 0.15) is 6.61 Å². The molecule has 0 saturated carbocycles. The first-order chi connectivity index (χ1) is 9.23. The van der Waals surface area contributed by atoms with Gasteiger partial charge in [-0.3, -0.25) is 4.79 Å². The van der Waals surface area contributed by atoms with Crippen LogP contribution in [0.1, 0.15) is 16.6 Å². The Morgan fingerprint density at radius 3 is 2.69 bits per heavy atom. The number of hydrogen-bond acceptors (Lipinski definition) is 2. The third-order valence-electron chi connectivity index (χ3n) is 2.24. The first-order valence-electron chi connectivity index (χ1n) is 6.91. The van der Waals surface area contributed by atoms with Crippen molar-refractivity contribution in [3.8, 4) is 0 Å². The highest BCUT2D eigenvalue weighted by molar-refractivity contribution is 6.17. The average Bonchev–Trinajstić information content (AvgIpc) is 2.38. The van der Waals surface area contributed by atoms with Crippen molar-refractivity contribution in [1.29, 1.82) is 0 Å². The van der Waals surface area contributed by atoms with Crippen LogP contribution < -0.4 is 0 Å². The largest absolute Gasteiger partial charge is 0.370 e. The van der Waals surface area contributed by atoms with Crippen LogP contribution in [0.3, 0.4) is 0 Å². The predicted molar refractivity (Wildman–Crippen MR) is 62.2 cm³/mol. The Kier molecular flexibility index (Phi) is 2.43. The molecule has 0 radical (unpaired) electrons. The number of carbonyl (C=O) groups excluding carboxylic acids is 1. The van der Waals surface area contributed by atoms with E-state index in [4.69, 9.17) is 21.8 Å². The van der Waals surface area contributed by atoms with Crippen molar-refractivity contribution >= 4 is 17.5 Å².